The minimum atomic E-state index is -0.809. The highest BCUT2D eigenvalue weighted by molar-refractivity contribution is 5.82. The summed E-state index contributed by atoms with van der Waals surface area (Å²) >= 11 is 0. The van der Waals surface area contributed by atoms with Gasteiger partial charge >= 0.3 is 5.97 Å². The third kappa shape index (κ3) is 2.90. The van der Waals surface area contributed by atoms with Crippen LogP contribution < -0.4 is 5.32 Å². The van der Waals surface area contributed by atoms with Gasteiger partial charge in [0.15, 0.2) is 0 Å². The Morgan fingerprint density at radius 1 is 1.40 bits per heavy atom. The maximum Gasteiger partial charge on any atom is 0.326 e. The molecule has 1 heterocycles. The van der Waals surface area contributed by atoms with Crippen LogP contribution in [0.25, 0.3) is 0 Å². The molecule has 1 fully saturated rings. The molecule has 4 heteroatoms. The fraction of sp³-hybridized carbons (Fsp3) is 0.500. The Bertz CT molecular complexity index is 486. The summed E-state index contributed by atoms with van der Waals surface area (Å²) in [5.41, 5.74) is 0.210. The van der Waals surface area contributed by atoms with Crippen molar-refractivity contribution in [3.8, 4) is 0 Å². The molecule has 0 spiro atoms. The van der Waals surface area contributed by atoms with Crippen LogP contribution in [-0.2, 0) is 14.3 Å². The van der Waals surface area contributed by atoms with E-state index in [0.29, 0.717) is 6.42 Å². The molecule has 0 unspecified atom stereocenters. The molecule has 1 saturated heterocycles. The van der Waals surface area contributed by atoms with Gasteiger partial charge in [-0.3, -0.25) is 10.1 Å². The van der Waals surface area contributed by atoms with Gasteiger partial charge in [-0.05, 0) is 32.8 Å². The van der Waals surface area contributed by atoms with Crippen LogP contribution >= 0.6 is 0 Å². The highest BCUT2D eigenvalue weighted by Crippen LogP contribution is 2.37. The second-order valence-electron chi connectivity index (χ2n) is 5.82. The zero-order valence-corrected chi connectivity index (χ0v) is 12.1. The summed E-state index contributed by atoms with van der Waals surface area (Å²) in [5.74, 6) is -0.514. The lowest BCUT2D eigenvalue weighted by molar-refractivity contribution is -0.154. The normalized spacial score (nSPS) is 29.4. The zero-order valence-electron chi connectivity index (χ0n) is 12.1. The first-order valence-corrected chi connectivity index (χ1v) is 6.95. The Labute approximate surface area is 119 Å². The Balaban J connectivity index is 2.21. The third-order valence-electron chi connectivity index (χ3n) is 3.67. The molecule has 0 radical (unpaired) electrons. The van der Waals surface area contributed by atoms with Gasteiger partial charge in [-0.1, -0.05) is 30.3 Å². The molecule has 0 bridgehead atoms. The molecular weight excluding hydrogens is 254 g/mol. The third-order valence-corrected chi connectivity index (χ3v) is 3.67. The number of esters is 1. The minimum Gasteiger partial charge on any atom is -0.462 e. The lowest BCUT2D eigenvalue weighted by Crippen LogP contribution is -2.47. The smallest absolute Gasteiger partial charge is 0.326 e. The van der Waals surface area contributed by atoms with Crippen molar-refractivity contribution >= 4 is 12.3 Å². The van der Waals surface area contributed by atoms with E-state index in [4.69, 9.17) is 4.74 Å². The highest BCUT2D eigenvalue weighted by atomic mass is 16.5. The molecule has 0 aromatic heterocycles. The van der Waals surface area contributed by atoms with Crippen LogP contribution in [0.5, 0.6) is 0 Å². The van der Waals surface area contributed by atoms with E-state index in [1.54, 1.807) is 6.92 Å². The molecule has 0 saturated carbocycles. The Morgan fingerprint density at radius 2 is 2.05 bits per heavy atom. The van der Waals surface area contributed by atoms with Crippen molar-refractivity contribution < 1.29 is 14.3 Å². The first-order chi connectivity index (χ1) is 9.46. The first kappa shape index (κ1) is 14.7. The summed E-state index contributed by atoms with van der Waals surface area (Å²) in [6, 6.07) is 9.59. The summed E-state index contributed by atoms with van der Waals surface area (Å²) in [6.45, 7) is 5.45. The maximum absolute atomic E-state index is 12.2. The van der Waals surface area contributed by atoms with Gasteiger partial charge in [0.05, 0.1) is 6.10 Å². The van der Waals surface area contributed by atoms with Crippen LogP contribution in [-0.4, -0.2) is 23.9 Å². The monoisotopic (exact) mass is 275 g/mol. The molecule has 1 N–H and O–H groups in total. The van der Waals surface area contributed by atoms with Gasteiger partial charge in [-0.2, -0.15) is 0 Å². The van der Waals surface area contributed by atoms with Crippen molar-refractivity contribution in [2.75, 3.05) is 0 Å². The van der Waals surface area contributed by atoms with E-state index < -0.39 is 5.54 Å². The number of aldehydes is 1. The lowest BCUT2D eigenvalue weighted by atomic mass is 9.91. The molecule has 1 aromatic rings. The molecule has 108 valence electrons. The number of rotatable bonds is 4. The van der Waals surface area contributed by atoms with E-state index in [1.165, 1.54) is 0 Å². The number of ether oxygens (including phenoxy) is 1. The molecule has 2 rings (SSSR count). The molecule has 3 atom stereocenters. The van der Waals surface area contributed by atoms with Gasteiger partial charge in [0.2, 0.25) is 0 Å². The largest absolute Gasteiger partial charge is 0.462 e. The summed E-state index contributed by atoms with van der Waals surface area (Å²) in [7, 11) is 0. The van der Waals surface area contributed by atoms with Gasteiger partial charge in [0.25, 0.3) is 0 Å². The second-order valence-corrected chi connectivity index (χ2v) is 5.82. The Hall–Kier alpha value is -1.68. The van der Waals surface area contributed by atoms with Crippen LogP contribution in [0, 0.1) is 5.92 Å². The predicted molar refractivity (Wildman–Crippen MR) is 76.1 cm³/mol. The summed E-state index contributed by atoms with van der Waals surface area (Å²) < 4.78 is 5.30. The topological polar surface area (TPSA) is 55.4 Å². The number of hydrogen-bond donors (Lipinski definition) is 1. The van der Waals surface area contributed by atoms with E-state index in [2.05, 4.69) is 5.32 Å². The van der Waals surface area contributed by atoms with Gasteiger partial charge in [-0.25, -0.2) is 0 Å². The lowest BCUT2D eigenvalue weighted by Gasteiger charge is -2.25. The van der Waals surface area contributed by atoms with Gasteiger partial charge in [-0.15, -0.1) is 0 Å². The number of carbonyl (C=O) groups is 2. The molecular formula is C16H21NO3. The molecule has 1 aromatic carbocycles. The van der Waals surface area contributed by atoms with Gasteiger partial charge < -0.3 is 9.53 Å². The first-order valence-electron chi connectivity index (χ1n) is 6.95. The van der Waals surface area contributed by atoms with Crippen molar-refractivity contribution in [3.05, 3.63) is 35.9 Å². The molecule has 4 nitrogen and oxygen atoms in total. The van der Waals surface area contributed by atoms with Crippen LogP contribution in [0.3, 0.4) is 0 Å². The highest BCUT2D eigenvalue weighted by Gasteiger charge is 2.48. The average molecular weight is 275 g/mol. The Kier molecular flexibility index (Phi) is 4.23. The zero-order chi connectivity index (χ0) is 14.8. The van der Waals surface area contributed by atoms with Crippen molar-refractivity contribution in [1.82, 2.24) is 5.32 Å². The standard InChI is InChI=1S/C16H21NO3/c1-11(2)20-15(19)16(3)9-13(10-18)14(17-16)12-7-5-4-6-8-12/h4-8,10-11,13-14,17H,9H2,1-3H3/t13-,14+,16+/m1/s1. The van der Waals surface area contributed by atoms with E-state index in [0.717, 1.165) is 11.8 Å². The maximum atomic E-state index is 12.2. The van der Waals surface area contributed by atoms with Crippen LogP contribution in [0.15, 0.2) is 30.3 Å². The number of benzene rings is 1. The number of hydrogen-bond acceptors (Lipinski definition) is 4. The molecule has 1 aliphatic rings. The Morgan fingerprint density at radius 3 is 2.60 bits per heavy atom. The average Bonchev–Trinajstić information content (AvgIpc) is 2.78. The van der Waals surface area contributed by atoms with Crippen molar-refractivity contribution in [1.29, 1.82) is 0 Å². The van der Waals surface area contributed by atoms with Crippen LogP contribution in [0.4, 0.5) is 0 Å². The molecule has 0 amide bonds. The SMILES string of the molecule is CC(C)OC(=O)[C@]1(C)C[C@H](C=O)[C@H](c2ccccc2)N1. The molecule has 20 heavy (non-hydrogen) atoms. The minimum absolute atomic E-state index is 0.140. The number of nitrogens with one attached hydrogen (secondary N) is 1. The number of carbonyl (C=O) groups excluding carboxylic acids is 2. The summed E-state index contributed by atoms with van der Waals surface area (Å²) in [5, 5.41) is 3.28. The van der Waals surface area contributed by atoms with Crippen LogP contribution in [0.1, 0.15) is 38.8 Å². The predicted octanol–water partition coefficient (Wildman–Crippen LogP) is 2.25. The van der Waals surface area contributed by atoms with E-state index in [-0.39, 0.29) is 24.0 Å². The second kappa shape index (κ2) is 5.75. The fourth-order valence-corrected chi connectivity index (χ4v) is 2.70. The quantitative estimate of drug-likeness (QED) is 0.676. The van der Waals surface area contributed by atoms with Gasteiger partial charge in [0.1, 0.15) is 11.8 Å². The van der Waals surface area contributed by atoms with E-state index >= 15 is 0 Å². The molecule has 0 aliphatic carbocycles. The van der Waals surface area contributed by atoms with Crippen molar-refractivity contribution in [2.45, 2.75) is 44.9 Å². The summed E-state index contributed by atoms with van der Waals surface area (Å²) in [4.78, 5) is 23.5. The van der Waals surface area contributed by atoms with Gasteiger partial charge in [0, 0.05) is 12.0 Å². The van der Waals surface area contributed by atoms with Crippen molar-refractivity contribution in [2.24, 2.45) is 5.92 Å². The van der Waals surface area contributed by atoms with Crippen molar-refractivity contribution in [3.63, 3.8) is 0 Å². The van der Waals surface area contributed by atoms with E-state index in [1.807, 2.05) is 44.2 Å². The summed E-state index contributed by atoms with van der Waals surface area (Å²) in [6.07, 6.45) is 1.23. The van der Waals surface area contributed by atoms with Crippen LogP contribution in [0.2, 0.25) is 0 Å². The van der Waals surface area contributed by atoms with E-state index in [9.17, 15) is 9.59 Å². The fourth-order valence-electron chi connectivity index (χ4n) is 2.70. The molecule has 1 aliphatic heterocycles.